The number of hydrogen-bond donors (Lipinski definition) is 1. The molecule has 0 saturated heterocycles. The van der Waals surface area contributed by atoms with Crippen LogP contribution in [0.5, 0.6) is 0 Å². The van der Waals surface area contributed by atoms with E-state index in [-0.39, 0.29) is 18.5 Å². The zero-order valence-corrected chi connectivity index (χ0v) is 17.6. The van der Waals surface area contributed by atoms with Crippen LogP contribution < -0.4 is 5.32 Å². The van der Waals surface area contributed by atoms with Gasteiger partial charge in [-0.05, 0) is 32.9 Å². The van der Waals surface area contributed by atoms with E-state index in [1.165, 1.54) is 0 Å². The topological polar surface area (TPSA) is 89.4 Å². The first-order chi connectivity index (χ1) is 14.2. The highest BCUT2D eigenvalue weighted by Crippen LogP contribution is 2.26. The number of anilines is 1. The Kier molecular flexibility index (Phi) is 4.93. The van der Waals surface area contributed by atoms with Gasteiger partial charge in [0, 0.05) is 42.9 Å². The molecule has 8 nitrogen and oxygen atoms in total. The van der Waals surface area contributed by atoms with Gasteiger partial charge in [-0.2, -0.15) is 5.10 Å². The number of nitrogens with one attached hydrogen (secondary N) is 1. The van der Waals surface area contributed by atoms with Crippen molar-refractivity contribution in [3.8, 4) is 0 Å². The number of pyridine rings is 1. The van der Waals surface area contributed by atoms with Gasteiger partial charge < -0.3 is 15.0 Å². The first-order valence-electron chi connectivity index (χ1n) is 9.91. The molecule has 2 aromatic heterocycles. The molecule has 0 radical (unpaired) electrons. The van der Waals surface area contributed by atoms with Crippen molar-refractivity contribution in [2.75, 3.05) is 11.9 Å². The van der Waals surface area contributed by atoms with E-state index in [9.17, 15) is 9.59 Å². The van der Waals surface area contributed by atoms with Gasteiger partial charge in [-0.25, -0.2) is 4.79 Å². The molecule has 3 aromatic rings. The van der Waals surface area contributed by atoms with Crippen LogP contribution >= 0.6 is 0 Å². The fraction of sp³-hybridized carbons (Fsp3) is 0.364. The molecule has 0 atom stereocenters. The van der Waals surface area contributed by atoms with Crippen LogP contribution in [0.25, 0.3) is 10.9 Å². The van der Waals surface area contributed by atoms with Crippen LogP contribution in [0, 0.1) is 0 Å². The van der Waals surface area contributed by atoms with Gasteiger partial charge in [0.15, 0.2) is 5.69 Å². The number of nitrogens with zero attached hydrogens (tertiary/aromatic N) is 4. The van der Waals surface area contributed by atoms with Crippen LogP contribution in [0.3, 0.4) is 0 Å². The molecule has 0 unspecified atom stereocenters. The van der Waals surface area contributed by atoms with E-state index in [1.54, 1.807) is 15.8 Å². The van der Waals surface area contributed by atoms with E-state index in [2.05, 4.69) is 15.4 Å². The highest BCUT2D eigenvalue weighted by atomic mass is 16.6. The predicted molar refractivity (Wildman–Crippen MR) is 113 cm³/mol. The summed E-state index contributed by atoms with van der Waals surface area (Å²) in [7, 11) is 1.82. The summed E-state index contributed by atoms with van der Waals surface area (Å²) in [5.41, 5.74) is 2.78. The molecule has 0 fully saturated rings. The Balaban J connectivity index is 1.60. The number of benzene rings is 1. The van der Waals surface area contributed by atoms with Gasteiger partial charge in [0.1, 0.15) is 5.60 Å². The highest BCUT2D eigenvalue weighted by molar-refractivity contribution is 6.08. The van der Waals surface area contributed by atoms with E-state index < -0.39 is 5.60 Å². The Morgan fingerprint density at radius 3 is 2.70 bits per heavy atom. The smallest absolute Gasteiger partial charge is 0.410 e. The summed E-state index contributed by atoms with van der Waals surface area (Å²) >= 11 is 0. The number of ether oxygens (including phenoxy) is 1. The molecule has 1 aliphatic heterocycles. The second-order valence-corrected chi connectivity index (χ2v) is 8.38. The van der Waals surface area contributed by atoms with E-state index >= 15 is 0 Å². The van der Waals surface area contributed by atoms with Crippen LogP contribution in [0.1, 0.15) is 42.5 Å². The molecule has 0 saturated carbocycles. The lowest BCUT2D eigenvalue weighted by Crippen LogP contribution is -2.40. The number of aromatic nitrogens is 3. The largest absolute Gasteiger partial charge is 0.444 e. The first kappa shape index (κ1) is 19.9. The van der Waals surface area contributed by atoms with Crippen LogP contribution in [-0.2, 0) is 24.8 Å². The molecule has 8 heteroatoms. The lowest BCUT2D eigenvalue weighted by atomic mass is 10.0. The lowest BCUT2D eigenvalue weighted by molar-refractivity contribution is 0.0222. The van der Waals surface area contributed by atoms with Gasteiger partial charge in [-0.1, -0.05) is 18.2 Å². The quantitative estimate of drug-likeness (QED) is 0.702. The van der Waals surface area contributed by atoms with Gasteiger partial charge in [-0.3, -0.25) is 14.5 Å². The third-order valence-corrected chi connectivity index (χ3v) is 4.99. The minimum Gasteiger partial charge on any atom is -0.444 e. The monoisotopic (exact) mass is 407 g/mol. The van der Waals surface area contributed by atoms with E-state index in [0.29, 0.717) is 29.9 Å². The minimum absolute atomic E-state index is 0.286. The van der Waals surface area contributed by atoms with Crippen molar-refractivity contribution in [3.05, 3.63) is 53.5 Å². The second kappa shape index (κ2) is 7.44. The first-order valence-corrected chi connectivity index (χ1v) is 9.91. The van der Waals surface area contributed by atoms with Gasteiger partial charge in [0.05, 0.1) is 17.7 Å². The summed E-state index contributed by atoms with van der Waals surface area (Å²) in [6.45, 7) is 6.31. The van der Waals surface area contributed by atoms with Crippen LogP contribution in [0.15, 0.2) is 36.5 Å². The Morgan fingerprint density at radius 1 is 1.17 bits per heavy atom. The van der Waals surface area contributed by atoms with Gasteiger partial charge >= 0.3 is 6.09 Å². The maximum absolute atomic E-state index is 13.1. The second-order valence-electron chi connectivity index (χ2n) is 8.38. The molecule has 0 bridgehead atoms. The summed E-state index contributed by atoms with van der Waals surface area (Å²) in [4.78, 5) is 31.6. The van der Waals surface area contributed by atoms with Crippen molar-refractivity contribution in [2.24, 2.45) is 7.05 Å². The number of rotatable bonds is 2. The molecule has 1 N–H and O–H groups in total. The number of carbonyl (C=O) groups is 2. The number of para-hydroxylation sites is 1. The van der Waals surface area contributed by atoms with Gasteiger partial charge in [-0.15, -0.1) is 0 Å². The Morgan fingerprint density at radius 2 is 1.93 bits per heavy atom. The predicted octanol–water partition coefficient (Wildman–Crippen LogP) is 3.51. The molecule has 156 valence electrons. The molecule has 0 spiro atoms. The zero-order valence-electron chi connectivity index (χ0n) is 17.6. The normalized spacial score (nSPS) is 13.8. The maximum atomic E-state index is 13.1. The summed E-state index contributed by atoms with van der Waals surface area (Å²) in [6.07, 6.45) is 1.92. The van der Waals surface area contributed by atoms with Crippen LogP contribution in [-0.4, -0.2) is 43.8 Å². The highest BCUT2D eigenvalue weighted by Gasteiger charge is 2.31. The molecule has 3 heterocycles. The van der Waals surface area contributed by atoms with Crippen molar-refractivity contribution in [1.29, 1.82) is 0 Å². The molecular weight excluding hydrogens is 382 g/mol. The molecule has 2 amide bonds. The Labute approximate surface area is 174 Å². The third-order valence-electron chi connectivity index (χ3n) is 4.99. The molecule has 0 aliphatic carbocycles. The van der Waals surface area contributed by atoms with Crippen molar-refractivity contribution < 1.29 is 14.3 Å². The number of carbonyl (C=O) groups excluding carboxylic acids is 2. The summed E-state index contributed by atoms with van der Waals surface area (Å²) < 4.78 is 7.21. The van der Waals surface area contributed by atoms with Crippen molar-refractivity contribution in [3.63, 3.8) is 0 Å². The van der Waals surface area contributed by atoms with Crippen LogP contribution in [0.4, 0.5) is 10.5 Å². The molecule has 1 aromatic carbocycles. The summed E-state index contributed by atoms with van der Waals surface area (Å²) in [5, 5.41) is 8.32. The van der Waals surface area contributed by atoms with E-state index in [4.69, 9.17) is 4.74 Å². The molecule has 1 aliphatic rings. The standard InChI is InChI=1S/C22H25N5O3/c1-22(2,3)30-21(29)27-12-10-17-15(13-27)19(25-26(17)4)20(28)24-16-9-5-7-14-8-6-11-23-18(14)16/h5-9,11H,10,12-13H2,1-4H3,(H,24,28). The van der Waals surface area contributed by atoms with E-state index in [1.807, 2.05) is 58.2 Å². The number of hydrogen-bond acceptors (Lipinski definition) is 5. The fourth-order valence-corrected chi connectivity index (χ4v) is 3.64. The lowest BCUT2D eigenvalue weighted by Gasteiger charge is -2.30. The van der Waals surface area contributed by atoms with Crippen molar-refractivity contribution in [2.45, 2.75) is 39.3 Å². The average Bonchev–Trinajstić information content (AvgIpc) is 3.03. The van der Waals surface area contributed by atoms with Crippen molar-refractivity contribution >= 4 is 28.6 Å². The molecule has 4 rings (SSSR count). The SMILES string of the molecule is Cn1nc(C(=O)Nc2cccc3cccnc23)c2c1CCN(C(=O)OC(C)(C)C)C2. The van der Waals surface area contributed by atoms with E-state index in [0.717, 1.165) is 16.6 Å². The number of fused-ring (bicyclic) bond motifs is 2. The summed E-state index contributed by atoms with van der Waals surface area (Å²) in [6, 6.07) is 9.43. The van der Waals surface area contributed by atoms with Gasteiger partial charge in [0.2, 0.25) is 0 Å². The maximum Gasteiger partial charge on any atom is 0.410 e. The van der Waals surface area contributed by atoms with Gasteiger partial charge in [0.25, 0.3) is 5.91 Å². The minimum atomic E-state index is -0.576. The number of amides is 2. The third kappa shape index (κ3) is 3.85. The Bertz CT molecular complexity index is 1120. The van der Waals surface area contributed by atoms with Crippen molar-refractivity contribution in [1.82, 2.24) is 19.7 Å². The zero-order chi connectivity index (χ0) is 21.5. The molecular formula is C22H25N5O3. The fourth-order valence-electron chi connectivity index (χ4n) is 3.64. The van der Waals surface area contributed by atoms with Crippen LogP contribution in [0.2, 0.25) is 0 Å². The average molecular weight is 407 g/mol. The number of aryl methyl sites for hydroxylation is 1. The molecule has 30 heavy (non-hydrogen) atoms. The summed E-state index contributed by atoms with van der Waals surface area (Å²) in [5.74, 6) is -0.323. The Hall–Kier alpha value is -3.42.